The van der Waals surface area contributed by atoms with Crippen LogP contribution < -0.4 is 10.6 Å². The molecule has 3 N–H and O–H groups in total. The topological polar surface area (TPSA) is 70.6 Å². The largest absolute Gasteiger partial charge is 0.389 e. The zero-order chi connectivity index (χ0) is 15.1. The molecule has 0 spiro atoms. The molecule has 0 saturated carbocycles. The van der Waals surface area contributed by atoms with Crippen LogP contribution in [0.15, 0.2) is 0 Å². The quantitative estimate of drug-likeness (QED) is 0.423. The molecule has 0 aromatic heterocycles. The molecule has 0 radical (unpaired) electrons. The van der Waals surface area contributed by atoms with Gasteiger partial charge in [0, 0.05) is 32.7 Å². The number of carbonyl (C=O) groups excluding carboxylic acids is 1. The molecule has 0 aliphatic heterocycles. The molecule has 0 saturated heterocycles. The van der Waals surface area contributed by atoms with Gasteiger partial charge < -0.3 is 20.5 Å². The van der Waals surface area contributed by atoms with E-state index < -0.39 is 6.10 Å². The van der Waals surface area contributed by atoms with Gasteiger partial charge in [0.05, 0.1) is 12.7 Å². The van der Waals surface area contributed by atoms with Gasteiger partial charge in [-0.2, -0.15) is 0 Å². The molecule has 0 rings (SSSR count). The minimum atomic E-state index is -0.500. The number of ether oxygens (including phenoxy) is 1. The lowest BCUT2D eigenvalue weighted by Gasteiger charge is -2.12. The van der Waals surface area contributed by atoms with Crippen molar-refractivity contribution in [3.8, 4) is 0 Å². The number of unbranched alkanes of at least 4 members (excludes halogenated alkanes) is 3. The first-order valence-electron chi connectivity index (χ1n) is 7.93. The Bertz CT molecular complexity index is 225. The van der Waals surface area contributed by atoms with E-state index in [9.17, 15) is 9.90 Å². The fourth-order valence-electron chi connectivity index (χ4n) is 1.73. The van der Waals surface area contributed by atoms with Crippen molar-refractivity contribution in [3.63, 3.8) is 0 Å². The number of hydrogen-bond acceptors (Lipinski definition) is 4. The second-order valence-electron chi connectivity index (χ2n) is 5.09. The minimum Gasteiger partial charge on any atom is -0.389 e. The Labute approximate surface area is 123 Å². The highest BCUT2D eigenvalue weighted by atomic mass is 16.5. The van der Waals surface area contributed by atoms with Crippen molar-refractivity contribution >= 4 is 5.91 Å². The smallest absolute Gasteiger partial charge is 0.221 e. The van der Waals surface area contributed by atoms with Crippen molar-refractivity contribution in [1.29, 1.82) is 0 Å². The summed E-state index contributed by atoms with van der Waals surface area (Å²) in [5.74, 6) is 0.0565. The molecule has 1 amide bonds. The maximum Gasteiger partial charge on any atom is 0.221 e. The van der Waals surface area contributed by atoms with Crippen LogP contribution in [0, 0.1) is 0 Å². The van der Waals surface area contributed by atoms with E-state index in [4.69, 9.17) is 4.74 Å². The van der Waals surface area contributed by atoms with Gasteiger partial charge in [-0.3, -0.25) is 4.79 Å². The summed E-state index contributed by atoms with van der Waals surface area (Å²) in [6, 6.07) is 0. The van der Waals surface area contributed by atoms with Gasteiger partial charge in [0.15, 0.2) is 0 Å². The van der Waals surface area contributed by atoms with E-state index in [0.717, 1.165) is 26.0 Å². The van der Waals surface area contributed by atoms with E-state index in [-0.39, 0.29) is 5.91 Å². The van der Waals surface area contributed by atoms with E-state index in [0.29, 0.717) is 26.1 Å². The fourth-order valence-corrected chi connectivity index (χ4v) is 1.73. The summed E-state index contributed by atoms with van der Waals surface area (Å²) < 4.78 is 5.40. The van der Waals surface area contributed by atoms with E-state index in [1.165, 1.54) is 19.3 Å². The molecule has 120 valence electrons. The molecule has 5 heteroatoms. The molecule has 0 bridgehead atoms. The van der Waals surface area contributed by atoms with E-state index in [1.54, 1.807) is 0 Å². The predicted molar refractivity (Wildman–Crippen MR) is 81.8 cm³/mol. The number of hydrogen-bond donors (Lipinski definition) is 3. The average Bonchev–Trinajstić information content (AvgIpc) is 2.45. The third-order valence-corrected chi connectivity index (χ3v) is 2.93. The zero-order valence-electron chi connectivity index (χ0n) is 13.1. The molecule has 1 unspecified atom stereocenters. The van der Waals surface area contributed by atoms with E-state index in [2.05, 4.69) is 17.6 Å². The second-order valence-corrected chi connectivity index (χ2v) is 5.09. The average molecular weight is 288 g/mol. The standard InChI is InChI=1S/C15H32N2O3/c1-3-5-6-7-11-20-13-14(18)12-16-10-8-15(19)17-9-4-2/h14,16,18H,3-13H2,1-2H3,(H,17,19). The highest BCUT2D eigenvalue weighted by molar-refractivity contribution is 5.75. The molecular formula is C15H32N2O3. The van der Waals surface area contributed by atoms with Gasteiger partial charge in [-0.15, -0.1) is 0 Å². The third-order valence-electron chi connectivity index (χ3n) is 2.93. The number of carbonyl (C=O) groups is 1. The van der Waals surface area contributed by atoms with Gasteiger partial charge in [0.25, 0.3) is 0 Å². The first-order valence-corrected chi connectivity index (χ1v) is 7.93. The molecule has 20 heavy (non-hydrogen) atoms. The first kappa shape index (κ1) is 19.4. The Morgan fingerprint density at radius 3 is 2.65 bits per heavy atom. The lowest BCUT2D eigenvalue weighted by Crippen LogP contribution is -2.33. The Balaban J connectivity index is 3.27. The Hall–Kier alpha value is -0.650. The van der Waals surface area contributed by atoms with Crippen LogP contribution in [-0.4, -0.2) is 50.0 Å². The summed E-state index contributed by atoms with van der Waals surface area (Å²) in [5, 5.41) is 15.5. The van der Waals surface area contributed by atoms with Crippen molar-refractivity contribution < 1.29 is 14.6 Å². The number of nitrogens with one attached hydrogen (secondary N) is 2. The first-order chi connectivity index (χ1) is 9.70. The third kappa shape index (κ3) is 13.8. The van der Waals surface area contributed by atoms with Gasteiger partial charge in [-0.25, -0.2) is 0 Å². The SMILES string of the molecule is CCCCCCOCC(O)CNCCC(=O)NCCC. The molecule has 0 aromatic carbocycles. The lowest BCUT2D eigenvalue weighted by atomic mass is 10.2. The van der Waals surface area contributed by atoms with E-state index in [1.807, 2.05) is 6.92 Å². The number of aliphatic hydroxyl groups excluding tert-OH is 1. The molecular weight excluding hydrogens is 256 g/mol. The highest BCUT2D eigenvalue weighted by Gasteiger charge is 2.04. The molecule has 1 atom stereocenters. The van der Waals surface area contributed by atoms with E-state index >= 15 is 0 Å². The molecule has 0 fully saturated rings. The van der Waals surface area contributed by atoms with Crippen LogP contribution >= 0.6 is 0 Å². The maximum absolute atomic E-state index is 11.3. The van der Waals surface area contributed by atoms with Crippen molar-refractivity contribution in [3.05, 3.63) is 0 Å². The number of amides is 1. The molecule has 0 aromatic rings. The minimum absolute atomic E-state index is 0.0565. The van der Waals surface area contributed by atoms with Crippen molar-refractivity contribution in [2.45, 2.75) is 58.5 Å². The second kappa shape index (κ2) is 14.8. The molecule has 0 aliphatic rings. The van der Waals surface area contributed by atoms with Crippen molar-refractivity contribution in [1.82, 2.24) is 10.6 Å². The van der Waals surface area contributed by atoms with Gasteiger partial charge in [-0.1, -0.05) is 33.1 Å². The number of rotatable bonds is 14. The molecule has 5 nitrogen and oxygen atoms in total. The van der Waals surface area contributed by atoms with Crippen LogP contribution in [0.2, 0.25) is 0 Å². The summed E-state index contributed by atoms with van der Waals surface area (Å²) in [7, 11) is 0. The van der Waals surface area contributed by atoms with Gasteiger partial charge >= 0.3 is 0 Å². The summed E-state index contributed by atoms with van der Waals surface area (Å²) in [4.78, 5) is 11.3. The zero-order valence-corrected chi connectivity index (χ0v) is 13.1. The summed E-state index contributed by atoms with van der Waals surface area (Å²) in [6.07, 6.45) is 5.62. The van der Waals surface area contributed by atoms with Crippen LogP contribution in [0.3, 0.4) is 0 Å². The Kier molecular flexibility index (Phi) is 14.3. The predicted octanol–water partition coefficient (Wildman–Crippen LogP) is 1.45. The Morgan fingerprint density at radius 2 is 1.95 bits per heavy atom. The van der Waals surface area contributed by atoms with Crippen LogP contribution in [0.4, 0.5) is 0 Å². The fraction of sp³-hybridized carbons (Fsp3) is 0.933. The Morgan fingerprint density at radius 1 is 1.15 bits per heavy atom. The van der Waals surface area contributed by atoms with Crippen molar-refractivity contribution in [2.24, 2.45) is 0 Å². The summed E-state index contributed by atoms with van der Waals surface area (Å²) in [5.41, 5.74) is 0. The van der Waals surface area contributed by atoms with Crippen LogP contribution in [0.25, 0.3) is 0 Å². The van der Waals surface area contributed by atoms with Crippen LogP contribution in [-0.2, 0) is 9.53 Å². The number of aliphatic hydroxyl groups is 1. The van der Waals surface area contributed by atoms with Crippen LogP contribution in [0.1, 0.15) is 52.4 Å². The lowest BCUT2D eigenvalue weighted by molar-refractivity contribution is -0.121. The monoisotopic (exact) mass is 288 g/mol. The highest BCUT2D eigenvalue weighted by Crippen LogP contribution is 1.99. The summed E-state index contributed by atoms with van der Waals surface area (Å²) in [6.45, 7) is 7.07. The van der Waals surface area contributed by atoms with Gasteiger partial charge in [0.1, 0.15) is 0 Å². The van der Waals surface area contributed by atoms with Crippen LogP contribution in [0.5, 0.6) is 0 Å². The normalized spacial score (nSPS) is 12.3. The summed E-state index contributed by atoms with van der Waals surface area (Å²) >= 11 is 0. The van der Waals surface area contributed by atoms with Crippen molar-refractivity contribution in [2.75, 3.05) is 32.8 Å². The van der Waals surface area contributed by atoms with Gasteiger partial charge in [-0.05, 0) is 12.8 Å². The van der Waals surface area contributed by atoms with Gasteiger partial charge in [0.2, 0.25) is 5.91 Å². The molecule has 0 aliphatic carbocycles. The maximum atomic E-state index is 11.3. The molecule has 0 heterocycles.